The van der Waals surface area contributed by atoms with E-state index in [1.54, 1.807) is 37.8 Å². The first-order valence-corrected chi connectivity index (χ1v) is 8.25. The maximum Gasteiger partial charge on any atom is 0.410 e. The molecule has 2 rings (SSSR count). The molecule has 6 nitrogen and oxygen atoms in total. The van der Waals surface area contributed by atoms with Crippen LogP contribution in [0.4, 0.5) is 9.18 Å². The second kappa shape index (κ2) is 7.81. The van der Waals surface area contributed by atoms with E-state index in [0.29, 0.717) is 31.7 Å². The zero-order valence-corrected chi connectivity index (χ0v) is 14.8. The van der Waals surface area contributed by atoms with Crippen molar-refractivity contribution in [3.8, 4) is 6.07 Å². The number of nitriles is 1. The highest BCUT2D eigenvalue weighted by atomic mass is 19.1. The number of rotatable bonds is 3. The minimum Gasteiger partial charge on any atom is -0.444 e. The molecule has 1 fully saturated rings. The topological polar surface area (TPSA) is 76.8 Å². The molecule has 0 aromatic heterocycles. The van der Waals surface area contributed by atoms with Crippen LogP contribution in [0, 0.1) is 17.1 Å². The zero-order valence-electron chi connectivity index (χ0n) is 14.8. The number of nitrogens with zero attached hydrogens (tertiary/aromatic N) is 3. The molecule has 0 aliphatic carbocycles. The molecular formula is C18H24FN3O3. The second-order valence-electron chi connectivity index (χ2n) is 7.15. The lowest BCUT2D eigenvalue weighted by atomic mass is 10.1. The van der Waals surface area contributed by atoms with Crippen molar-refractivity contribution in [2.45, 2.75) is 39.0 Å². The number of hydrogen-bond acceptors (Lipinski definition) is 5. The number of carbonyl (C=O) groups excluding carboxylic acids is 1. The van der Waals surface area contributed by atoms with Crippen LogP contribution in [-0.2, 0) is 11.3 Å². The largest absolute Gasteiger partial charge is 0.444 e. The van der Waals surface area contributed by atoms with E-state index >= 15 is 0 Å². The minimum atomic E-state index is -0.575. The standard InChI is InChI=1S/C18H24FN3O3/c1-18(2,3)25-17(24)22-7-6-21(15(11-22)12-23)10-14-5-4-13(9-20)8-16(14)19/h4-5,8,15,23H,6-7,10-12H2,1-3H3. The molecule has 0 bridgehead atoms. The Bertz CT molecular complexity index is 667. The van der Waals surface area contributed by atoms with E-state index in [-0.39, 0.29) is 18.2 Å². The van der Waals surface area contributed by atoms with E-state index < -0.39 is 17.5 Å². The summed E-state index contributed by atoms with van der Waals surface area (Å²) in [7, 11) is 0. The third-order valence-corrected chi connectivity index (χ3v) is 4.02. The average Bonchev–Trinajstić information content (AvgIpc) is 2.55. The number of aliphatic hydroxyl groups is 1. The molecule has 1 aromatic carbocycles. The molecule has 1 heterocycles. The maximum atomic E-state index is 14.1. The fourth-order valence-corrected chi connectivity index (χ4v) is 2.73. The molecule has 1 saturated heterocycles. The Morgan fingerprint density at radius 3 is 2.72 bits per heavy atom. The monoisotopic (exact) mass is 349 g/mol. The number of halogens is 1. The molecule has 7 heteroatoms. The Labute approximate surface area is 147 Å². The van der Waals surface area contributed by atoms with Gasteiger partial charge in [0.25, 0.3) is 0 Å². The van der Waals surface area contributed by atoms with Gasteiger partial charge in [0.15, 0.2) is 0 Å². The lowest BCUT2D eigenvalue weighted by molar-refractivity contribution is -0.00632. The Morgan fingerprint density at radius 2 is 2.16 bits per heavy atom. The molecule has 1 aliphatic rings. The summed E-state index contributed by atoms with van der Waals surface area (Å²) in [4.78, 5) is 15.7. The Hall–Kier alpha value is -2.17. The number of aliphatic hydroxyl groups excluding tert-OH is 1. The Kier molecular flexibility index (Phi) is 5.98. The summed E-state index contributed by atoms with van der Waals surface area (Å²) in [5.41, 5.74) is 0.159. The number of benzene rings is 1. The minimum absolute atomic E-state index is 0.142. The van der Waals surface area contributed by atoms with Crippen LogP contribution in [0.25, 0.3) is 0 Å². The molecule has 1 atom stereocenters. The Morgan fingerprint density at radius 1 is 1.44 bits per heavy atom. The van der Waals surface area contributed by atoms with E-state index in [9.17, 15) is 14.3 Å². The van der Waals surface area contributed by atoms with Gasteiger partial charge in [0.2, 0.25) is 0 Å². The van der Waals surface area contributed by atoms with Crippen LogP contribution in [0.5, 0.6) is 0 Å². The number of piperazine rings is 1. The first-order chi connectivity index (χ1) is 11.7. The van der Waals surface area contributed by atoms with Gasteiger partial charge in [-0.05, 0) is 32.9 Å². The molecule has 25 heavy (non-hydrogen) atoms. The van der Waals surface area contributed by atoms with Crippen LogP contribution in [0.3, 0.4) is 0 Å². The predicted octanol–water partition coefficient (Wildman–Crippen LogP) is 2.11. The molecule has 0 spiro atoms. The van der Waals surface area contributed by atoms with Crippen molar-refractivity contribution in [3.05, 3.63) is 35.1 Å². The van der Waals surface area contributed by atoms with E-state index in [0.717, 1.165) is 0 Å². The summed E-state index contributed by atoms with van der Waals surface area (Å²) < 4.78 is 19.5. The van der Waals surface area contributed by atoms with Gasteiger partial charge >= 0.3 is 6.09 Å². The lowest BCUT2D eigenvalue weighted by Crippen LogP contribution is -2.56. The summed E-state index contributed by atoms with van der Waals surface area (Å²) in [5, 5.41) is 18.5. The third-order valence-electron chi connectivity index (χ3n) is 4.02. The summed E-state index contributed by atoms with van der Waals surface area (Å²) in [6.07, 6.45) is -0.407. The quantitative estimate of drug-likeness (QED) is 0.904. The van der Waals surface area contributed by atoms with E-state index in [4.69, 9.17) is 10.00 Å². The highest BCUT2D eigenvalue weighted by Crippen LogP contribution is 2.19. The van der Waals surface area contributed by atoms with Crippen LogP contribution < -0.4 is 0 Å². The van der Waals surface area contributed by atoms with Crippen molar-refractivity contribution in [1.29, 1.82) is 5.26 Å². The summed E-state index contributed by atoms with van der Waals surface area (Å²) >= 11 is 0. The van der Waals surface area contributed by atoms with Gasteiger partial charge in [-0.1, -0.05) is 6.07 Å². The van der Waals surface area contributed by atoms with Gasteiger partial charge in [-0.2, -0.15) is 5.26 Å². The maximum absolute atomic E-state index is 14.1. The molecule has 1 amide bonds. The van der Waals surface area contributed by atoms with Crippen molar-refractivity contribution in [2.75, 3.05) is 26.2 Å². The number of ether oxygens (including phenoxy) is 1. The van der Waals surface area contributed by atoms with Crippen molar-refractivity contribution in [2.24, 2.45) is 0 Å². The molecule has 0 radical (unpaired) electrons. The predicted molar refractivity (Wildman–Crippen MR) is 90.2 cm³/mol. The van der Waals surface area contributed by atoms with Crippen LogP contribution in [0.2, 0.25) is 0 Å². The van der Waals surface area contributed by atoms with Gasteiger partial charge in [0.05, 0.1) is 24.3 Å². The van der Waals surface area contributed by atoms with Gasteiger partial charge in [-0.25, -0.2) is 9.18 Å². The van der Waals surface area contributed by atoms with E-state index in [1.165, 1.54) is 6.07 Å². The van der Waals surface area contributed by atoms with Crippen molar-refractivity contribution in [1.82, 2.24) is 9.80 Å². The lowest BCUT2D eigenvalue weighted by Gasteiger charge is -2.41. The molecule has 0 saturated carbocycles. The molecular weight excluding hydrogens is 325 g/mol. The van der Waals surface area contributed by atoms with Gasteiger partial charge < -0.3 is 14.7 Å². The normalized spacial score (nSPS) is 18.7. The summed E-state index contributed by atoms with van der Waals surface area (Å²) in [5.74, 6) is -0.440. The van der Waals surface area contributed by atoms with Gasteiger partial charge in [0.1, 0.15) is 11.4 Å². The number of hydrogen-bond donors (Lipinski definition) is 1. The fraction of sp³-hybridized carbons (Fsp3) is 0.556. The van der Waals surface area contributed by atoms with Crippen molar-refractivity contribution < 1.29 is 19.0 Å². The summed E-state index contributed by atoms with van der Waals surface area (Å²) in [6.45, 7) is 6.85. The van der Waals surface area contributed by atoms with Crippen LogP contribution in [0.1, 0.15) is 31.9 Å². The van der Waals surface area contributed by atoms with Crippen LogP contribution in [-0.4, -0.2) is 58.9 Å². The first-order valence-electron chi connectivity index (χ1n) is 8.25. The molecule has 1 aromatic rings. The Balaban J connectivity index is 2.03. The highest BCUT2D eigenvalue weighted by Gasteiger charge is 2.31. The first kappa shape index (κ1) is 19.2. The SMILES string of the molecule is CC(C)(C)OC(=O)N1CCN(Cc2ccc(C#N)cc2F)C(CO)C1. The molecule has 1 N–H and O–H groups in total. The van der Waals surface area contributed by atoms with Gasteiger partial charge in [-0.15, -0.1) is 0 Å². The smallest absolute Gasteiger partial charge is 0.410 e. The molecule has 1 unspecified atom stereocenters. The van der Waals surface area contributed by atoms with E-state index in [1.807, 2.05) is 11.0 Å². The van der Waals surface area contributed by atoms with Crippen molar-refractivity contribution >= 4 is 6.09 Å². The van der Waals surface area contributed by atoms with Gasteiger partial charge in [0, 0.05) is 31.7 Å². The summed E-state index contributed by atoms with van der Waals surface area (Å²) in [6, 6.07) is 5.98. The third kappa shape index (κ3) is 5.15. The second-order valence-corrected chi connectivity index (χ2v) is 7.15. The fourth-order valence-electron chi connectivity index (χ4n) is 2.73. The van der Waals surface area contributed by atoms with E-state index in [2.05, 4.69) is 0 Å². The number of amides is 1. The highest BCUT2D eigenvalue weighted by molar-refractivity contribution is 5.68. The van der Waals surface area contributed by atoms with Crippen LogP contribution in [0.15, 0.2) is 18.2 Å². The van der Waals surface area contributed by atoms with Crippen molar-refractivity contribution in [3.63, 3.8) is 0 Å². The number of carbonyl (C=O) groups is 1. The van der Waals surface area contributed by atoms with Gasteiger partial charge in [-0.3, -0.25) is 4.90 Å². The molecule has 1 aliphatic heterocycles. The molecule has 136 valence electrons. The average molecular weight is 349 g/mol. The van der Waals surface area contributed by atoms with Crippen LogP contribution >= 0.6 is 0 Å². The zero-order chi connectivity index (χ0) is 18.6.